The predicted octanol–water partition coefficient (Wildman–Crippen LogP) is 1.73. The SMILES string of the molecule is NC(CNC(=O)c1ccc2c(n1)N(C(=O)Nc1ccccn1)[C@H]1CCN2C1)C(F)(F)F. The van der Waals surface area contributed by atoms with Gasteiger partial charge in [0.1, 0.15) is 17.6 Å². The molecule has 9 nitrogen and oxygen atoms in total. The van der Waals surface area contributed by atoms with Crippen molar-refractivity contribution in [3.05, 3.63) is 42.2 Å². The summed E-state index contributed by atoms with van der Waals surface area (Å²) in [6, 6.07) is 5.37. The van der Waals surface area contributed by atoms with Crippen LogP contribution >= 0.6 is 0 Å². The van der Waals surface area contributed by atoms with E-state index >= 15 is 0 Å². The highest BCUT2D eigenvalue weighted by atomic mass is 19.4. The number of hydrogen-bond donors (Lipinski definition) is 3. The maximum absolute atomic E-state index is 13.0. The van der Waals surface area contributed by atoms with Crippen LogP contribution in [0.2, 0.25) is 0 Å². The molecule has 1 unspecified atom stereocenters. The van der Waals surface area contributed by atoms with E-state index in [0.29, 0.717) is 24.5 Å². The fourth-order valence-corrected chi connectivity index (χ4v) is 3.61. The number of carbonyl (C=O) groups is 2. The fraction of sp³-hybridized carbons (Fsp3) is 0.368. The Kier molecular flexibility index (Phi) is 5.39. The van der Waals surface area contributed by atoms with Crippen LogP contribution in [0.5, 0.6) is 0 Å². The molecular formula is C19H20F3N7O2. The number of aromatic nitrogens is 2. The van der Waals surface area contributed by atoms with E-state index < -0.39 is 30.7 Å². The highest BCUT2D eigenvalue weighted by Gasteiger charge is 2.41. The lowest BCUT2D eigenvalue weighted by Crippen LogP contribution is -2.49. The van der Waals surface area contributed by atoms with Crippen LogP contribution in [0.25, 0.3) is 0 Å². The number of halogens is 3. The topological polar surface area (TPSA) is 116 Å². The number of fused-ring (bicyclic) bond motifs is 4. The maximum atomic E-state index is 13.0. The van der Waals surface area contributed by atoms with E-state index in [1.54, 1.807) is 30.5 Å². The van der Waals surface area contributed by atoms with Crippen molar-refractivity contribution in [1.82, 2.24) is 15.3 Å². The highest BCUT2D eigenvalue weighted by Crippen LogP contribution is 2.39. The summed E-state index contributed by atoms with van der Waals surface area (Å²) >= 11 is 0. The summed E-state index contributed by atoms with van der Waals surface area (Å²) in [5.41, 5.74) is 5.60. The Labute approximate surface area is 175 Å². The number of hydrogen-bond acceptors (Lipinski definition) is 6. The summed E-state index contributed by atoms with van der Waals surface area (Å²) < 4.78 is 37.8. The van der Waals surface area contributed by atoms with Gasteiger partial charge in [-0.1, -0.05) is 6.07 Å². The van der Waals surface area contributed by atoms with Crippen molar-refractivity contribution < 1.29 is 22.8 Å². The molecule has 0 aromatic carbocycles. The molecule has 1 fully saturated rings. The van der Waals surface area contributed by atoms with Gasteiger partial charge in [-0.15, -0.1) is 0 Å². The molecule has 164 valence electrons. The lowest BCUT2D eigenvalue weighted by molar-refractivity contribution is -0.146. The Morgan fingerprint density at radius 1 is 1.26 bits per heavy atom. The first-order valence-corrected chi connectivity index (χ1v) is 9.62. The molecule has 12 heteroatoms. The van der Waals surface area contributed by atoms with Crippen molar-refractivity contribution in [3.8, 4) is 0 Å². The molecule has 1 saturated heterocycles. The molecule has 0 radical (unpaired) electrons. The van der Waals surface area contributed by atoms with Crippen molar-refractivity contribution in [2.45, 2.75) is 24.7 Å². The Balaban J connectivity index is 1.57. The Hall–Kier alpha value is -3.41. The summed E-state index contributed by atoms with van der Waals surface area (Å²) in [4.78, 5) is 37.3. The lowest BCUT2D eigenvalue weighted by Gasteiger charge is -2.35. The number of nitrogens with one attached hydrogen (secondary N) is 2. The van der Waals surface area contributed by atoms with Gasteiger partial charge in [0.2, 0.25) is 0 Å². The zero-order valence-electron chi connectivity index (χ0n) is 16.3. The van der Waals surface area contributed by atoms with Gasteiger partial charge in [-0.2, -0.15) is 13.2 Å². The number of urea groups is 1. The van der Waals surface area contributed by atoms with Crippen molar-refractivity contribution in [3.63, 3.8) is 0 Å². The van der Waals surface area contributed by atoms with Crippen molar-refractivity contribution in [1.29, 1.82) is 0 Å². The molecule has 4 heterocycles. The summed E-state index contributed by atoms with van der Waals surface area (Å²) in [6.07, 6.45) is -2.36. The largest absolute Gasteiger partial charge is 0.405 e. The van der Waals surface area contributed by atoms with Gasteiger partial charge < -0.3 is 16.0 Å². The van der Waals surface area contributed by atoms with E-state index in [-0.39, 0.29) is 17.6 Å². The van der Waals surface area contributed by atoms with Gasteiger partial charge in [0.25, 0.3) is 5.91 Å². The second-order valence-electron chi connectivity index (χ2n) is 7.30. The molecule has 4 N–H and O–H groups in total. The van der Waals surface area contributed by atoms with Gasteiger partial charge in [-0.05, 0) is 30.7 Å². The zero-order valence-corrected chi connectivity index (χ0v) is 16.3. The minimum Gasteiger partial charge on any atom is -0.366 e. The number of carbonyl (C=O) groups excluding carboxylic acids is 2. The van der Waals surface area contributed by atoms with Crippen LogP contribution in [0.4, 0.5) is 35.3 Å². The fourth-order valence-electron chi connectivity index (χ4n) is 3.61. The number of anilines is 3. The number of pyridine rings is 2. The number of nitrogens with two attached hydrogens (primary N) is 1. The Bertz CT molecular complexity index is 986. The zero-order chi connectivity index (χ0) is 22.2. The van der Waals surface area contributed by atoms with E-state index in [9.17, 15) is 22.8 Å². The van der Waals surface area contributed by atoms with Gasteiger partial charge in [-0.3, -0.25) is 15.0 Å². The Morgan fingerprint density at radius 2 is 2.06 bits per heavy atom. The molecule has 0 spiro atoms. The minimum absolute atomic E-state index is 0.105. The summed E-state index contributed by atoms with van der Waals surface area (Å²) in [5, 5.41) is 4.86. The van der Waals surface area contributed by atoms with Gasteiger partial charge in [-0.25, -0.2) is 14.8 Å². The number of rotatable bonds is 4. The quantitative estimate of drug-likeness (QED) is 0.674. The molecule has 2 aliphatic rings. The number of amides is 3. The van der Waals surface area contributed by atoms with E-state index in [1.165, 1.54) is 11.0 Å². The molecular weight excluding hydrogens is 415 g/mol. The van der Waals surface area contributed by atoms with E-state index in [1.807, 2.05) is 0 Å². The minimum atomic E-state index is -4.62. The van der Waals surface area contributed by atoms with Crippen LogP contribution in [-0.2, 0) is 0 Å². The monoisotopic (exact) mass is 435 g/mol. The summed E-state index contributed by atoms with van der Waals surface area (Å²) in [5.74, 6) is -0.167. The van der Waals surface area contributed by atoms with Gasteiger partial charge in [0.15, 0.2) is 5.82 Å². The number of nitrogens with zero attached hydrogens (tertiary/aromatic N) is 4. The van der Waals surface area contributed by atoms with Gasteiger partial charge in [0.05, 0.1) is 11.7 Å². The van der Waals surface area contributed by atoms with Crippen LogP contribution in [0, 0.1) is 0 Å². The second kappa shape index (κ2) is 8.02. The third-order valence-electron chi connectivity index (χ3n) is 5.21. The van der Waals surface area contributed by atoms with Crippen LogP contribution in [0.3, 0.4) is 0 Å². The predicted molar refractivity (Wildman–Crippen MR) is 107 cm³/mol. The third-order valence-corrected chi connectivity index (χ3v) is 5.21. The average Bonchev–Trinajstić information content (AvgIpc) is 3.15. The smallest absolute Gasteiger partial charge is 0.366 e. The first-order valence-electron chi connectivity index (χ1n) is 9.62. The normalized spacial score (nSPS) is 18.4. The molecule has 2 aromatic rings. The van der Waals surface area contributed by atoms with Gasteiger partial charge >= 0.3 is 12.2 Å². The first kappa shape index (κ1) is 20.8. The van der Waals surface area contributed by atoms with E-state index in [0.717, 1.165) is 6.54 Å². The lowest BCUT2D eigenvalue weighted by atomic mass is 10.1. The Morgan fingerprint density at radius 3 is 2.77 bits per heavy atom. The summed E-state index contributed by atoms with van der Waals surface area (Å²) in [7, 11) is 0. The van der Waals surface area contributed by atoms with Crippen molar-refractivity contribution >= 4 is 29.3 Å². The molecule has 4 rings (SSSR count). The molecule has 2 aliphatic heterocycles. The van der Waals surface area contributed by atoms with Gasteiger partial charge in [0, 0.05) is 25.8 Å². The standard InChI is InChI=1S/C19H20F3N7O2/c20-19(21,22)14(23)9-25-17(30)12-4-5-13-16(26-12)29(11-6-8-28(13)10-11)18(31)27-15-3-1-2-7-24-15/h1-5,7,11,14H,6,8-10,23H2,(H,25,30)(H,24,27,31)/t11-,14?/m0/s1. The molecule has 2 aromatic heterocycles. The molecule has 0 aliphatic carbocycles. The molecule has 3 amide bonds. The summed E-state index contributed by atoms with van der Waals surface area (Å²) in [6.45, 7) is 0.564. The molecule has 2 atom stereocenters. The third kappa shape index (κ3) is 4.24. The van der Waals surface area contributed by atoms with E-state index in [4.69, 9.17) is 5.73 Å². The average molecular weight is 435 g/mol. The van der Waals surface area contributed by atoms with Crippen LogP contribution in [-0.4, -0.2) is 59.8 Å². The molecule has 31 heavy (non-hydrogen) atoms. The second-order valence-corrected chi connectivity index (χ2v) is 7.30. The van der Waals surface area contributed by atoms with Crippen molar-refractivity contribution in [2.75, 3.05) is 34.8 Å². The van der Waals surface area contributed by atoms with Crippen molar-refractivity contribution in [2.24, 2.45) is 5.73 Å². The first-order chi connectivity index (χ1) is 14.7. The van der Waals surface area contributed by atoms with Crippen LogP contribution < -0.4 is 26.2 Å². The van der Waals surface area contributed by atoms with Crippen LogP contribution in [0.15, 0.2) is 36.5 Å². The van der Waals surface area contributed by atoms with E-state index in [2.05, 4.69) is 25.5 Å². The number of alkyl halides is 3. The molecule has 2 bridgehead atoms. The van der Waals surface area contributed by atoms with Crippen LogP contribution in [0.1, 0.15) is 16.9 Å². The molecule has 0 saturated carbocycles. The highest BCUT2D eigenvalue weighted by molar-refractivity contribution is 6.05. The maximum Gasteiger partial charge on any atom is 0.405 e.